The highest BCUT2D eigenvalue weighted by atomic mass is 16.3. The summed E-state index contributed by atoms with van der Waals surface area (Å²) in [5.41, 5.74) is 0.863. The minimum atomic E-state index is 0.0667. The number of hydrogen-bond acceptors (Lipinski definition) is 5. The lowest BCUT2D eigenvalue weighted by molar-refractivity contribution is -0.121. The first-order valence-corrected chi connectivity index (χ1v) is 10.3. The van der Waals surface area contributed by atoms with E-state index in [1.165, 1.54) is 0 Å². The Kier molecular flexibility index (Phi) is 6.86. The number of amides is 1. The van der Waals surface area contributed by atoms with Crippen LogP contribution in [0.15, 0.2) is 47.1 Å². The lowest BCUT2D eigenvalue weighted by Crippen LogP contribution is -2.35. The molecule has 6 heteroatoms. The maximum absolute atomic E-state index is 12.3. The van der Waals surface area contributed by atoms with Gasteiger partial charge in [0, 0.05) is 31.4 Å². The van der Waals surface area contributed by atoms with Gasteiger partial charge in [0.15, 0.2) is 11.6 Å². The van der Waals surface area contributed by atoms with Crippen LogP contribution in [-0.2, 0) is 4.79 Å². The normalized spacial score (nSPS) is 11.4. The van der Waals surface area contributed by atoms with Gasteiger partial charge in [-0.05, 0) is 36.1 Å². The second-order valence-corrected chi connectivity index (χ2v) is 8.15. The molecule has 0 aliphatic heterocycles. The highest BCUT2D eigenvalue weighted by Gasteiger charge is 2.18. The summed E-state index contributed by atoms with van der Waals surface area (Å²) in [6.07, 6.45) is 2.05. The summed E-state index contributed by atoms with van der Waals surface area (Å²) >= 11 is 0. The lowest BCUT2D eigenvalue weighted by Gasteiger charge is -2.27. The van der Waals surface area contributed by atoms with Crippen molar-refractivity contribution in [2.45, 2.75) is 34.1 Å². The Morgan fingerprint density at radius 1 is 1.07 bits per heavy atom. The zero-order chi connectivity index (χ0) is 20.8. The second kappa shape index (κ2) is 9.54. The Hall–Kier alpha value is -2.89. The Bertz CT molecular complexity index is 935. The number of aromatic nitrogens is 2. The van der Waals surface area contributed by atoms with Crippen LogP contribution in [-0.4, -0.2) is 35.5 Å². The molecule has 0 spiro atoms. The smallest absolute Gasteiger partial charge is 0.221 e. The van der Waals surface area contributed by atoms with Crippen LogP contribution in [0.3, 0.4) is 0 Å². The number of nitrogens with zero attached hydrogens (tertiary/aromatic N) is 3. The summed E-state index contributed by atoms with van der Waals surface area (Å²) in [5, 5.41) is 3.98. The second-order valence-electron chi connectivity index (χ2n) is 8.15. The number of anilines is 1. The minimum Gasteiger partial charge on any atom is -0.461 e. The van der Waals surface area contributed by atoms with E-state index in [2.05, 4.69) is 42.9 Å². The van der Waals surface area contributed by atoms with Crippen LogP contribution in [0.5, 0.6) is 0 Å². The molecule has 154 valence electrons. The van der Waals surface area contributed by atoms with Crippen molar-refractivity contribution in [1.29, 1.82) is 0 Å². The monoisotopic (exact) mass is 394 g/mol. The van der Waals surface area contributed by atoms with Gasteiger partial charge < -0.3 is 14.6 Å². The minimum absolute atomic E-state index is 0.0667. The standard InChI is InChI=1S/C23H30N4O2/c1-16(2)14-24-21(28)11-12-27(15-17(3)4)23-18-8-5-6-9-19(18)25-22(26-23)20-10-7-13-29-20/h5-10,13,16-17H,11-12,14-15H2,1-4H3,(H,24,28). The van der Waals surface area contributed by atoms with E-state index in [0.717, 1.165) is 23.3 Å². The van der Waals surface area contributed by atoms with Crippen LogP contribution in [0.2, 0.25) is 0 Å². The number of benzene rings is 1. The maximum Gasteiger partial charge on any atom is 0.221 e. The number of rotatable bonds is 9. The van der Waals surface area contributed by atoms with Crippen molar-refractivity contribution in [3.8, 4) is 11.6 Å². The van der Waals surface area contributed by atoms with E-state index in [9.17, 15) is 4.79 Å². The Morgan fingerprint density at radius 2 is 1.86 bits per heavy atom. The summed E-state index contributed by atoms with van der Waals surface area (Å²) in [7, 11) is 0. The highest BCUT2D eigenvalue weighted by Crippen LogP contribution is 2.28. The molecule has 1 aromatic carbocycles. The van der Waals surface area contributed by atoms with E-state index in [4.69, 9.17) is 9.40 Å². The Balaban J connectivity index is 1.93. The van der Waals surface area contributed by atoms with Gasteiger partial charge in [-0.3, -0.25) is 4.79 Å². The van der Waals surface area contributed by atoms with Gasteiger partial charge in [-0.1, -0.05) is 39.8 Å². The van der Waals surface area contributed by atoms with Crippen LogP contribution in [0.4, 0.5) is 5.82 Å². The largest absolute Gasteiger partial charge is 0.461 e. The van der Waals surface area contributed by atoms with Crippen LogP contribution >= 0.6 is 0 Å². The number of hydrogen-bond donors (Lipinski definition) is 1. The molecule has 0 aliphatic rings. The molecule has 1 amide bonds. The summed E-state index contributed by atoms with van der Waals surface area (Å²) in [5.74, 6) is 2.96. The quantitative estimate of drug-likeness (QED) is 0.578. The molecule has 29 heavy (non-hydrogen) atoms. The Morgan fingerprint density at radius 3 is 2.55 bits per heavy atom. The third-order valence-electron chi connectivity index (χ3n) is 4.53. The summed E-state index contributed by atoms with van der Waals surface area (Å²) in [6.45, 7) is 10.6. The van der Waals surface area contributed by atoms with E-state index in [1.807, 2.05) is 36.4 Å². The number of fused-ring (bicyclic) bond motifs is 1. The van der Waals surface area contributed by atoms with E-state index in [-0.39, 0.29) is 5.91 Å². The van der Waals surface area contributed by atoms with Crippen LogP contribution in [0.25, 0.3) is 22.5 Å². The van der Waals surface area contributed by atoms with Crippen LogP contribution in [0, 0.1) is 11.8 Å². The molecule has 2 heterocycles. The number of furan rings is 1. The van der Waals surface area contributed by atoms with E-state index >= 15 is 0 Å². The molecule has 0 unspecified atom stereocenters. The molecule has 3 rings (SSSR count). The molecule has 0 saturated heterocycles. The zero-order valence-electron chi connectivity index (χ0n) is 17.7. The summed E-state index contributed by atoms with van der Waals surface area (Å²) in [4.78, 5) is 24.0. The van der Waals surface area contributed by atoms with Gasteiger partial charge in [0.2, 0.25) is 5.91 Å². The van der Waals surface area contributed by atoms with Crippen molar-refractivity contribution < 1.29 is 9.21 Å². The average Bonchev–Trinajstić information content (AvgIpc) is 3.23. The van der Waals surface area contributed by atoms with E-state index in [1.54, 1.807) is 6.26 Å². The summed E-state index contributed by atoms with van der Waals surface area (Å²) < 4.78 is 5.53. The number of nitrogens with one attached hydrogen (secondary N) is 1. The van der Waals surface area contributed by atoms with Crippen molar-refractivity contribution >= 4 is 22.6 Å². The predicted molar refractivity (Wildman–Crippen MR) is 117 cm³/mol. The number of para-hydroxylation sites is 1. The predicted octanol–water partition coefficient (Wildman–Crippen LogP) is 4.51. The molecule has 1 N–H and O–H groups in total. The molecule has 0 aliphatic carbocycles. The Labute approximate surface area is 172 Å². The molecule has 0 radical (unpaired) electrons. The van der Waals surface area contributed by atoms with Crippen molar-refractivity contribution in [2.24, 2.45) is 11.8 Å². The van der Waals surface area contributed by atoms with E-state index in [0.29, 0.717) is 42.9 Å². The fourth-order valence-corrected chi connectivity index (χ4v) is 3.18. The first-order chi connectivity index (χ1) is 13.9. The molecule has 6 nitrogen and oxygen atoms in total. The molecule has 2 aromatic heterocycles. The molecule has 0 fully saturated rings. The molecule has 0 saturated carbocycles. The third-order valence-corrected chi connectivity index (χ3v) is 4.53. The fraction of sp³-hybridized carbons (Fsp3) is 0.435. The van der Waals surface area contributed by atoms with Crippen LogP contribution < -0.4 is 10.2 Å². The van der Waals surface area contributed by atoms with Gasteiger partial charge >= 0.3 is 0 Å². The fourth-order valence-electron chi connectivity index (χ4n) is 3.18. The van der Waals surface area contributed by atoms with Crippen molar-refractivity contribution in [1.82, 2.24) is 15.3 Å². The molecule has 0 atom stereocenters. The first kappa shape index (κ1) is 20.8. The zero-order valence-corrected chi connectivity index (χ0v) is 17.7. The van der Waals surface area contributed by atoms with Gasteiger partial charge in [0.25, 0.3) is 0 Å². The van der Waals surface area contributed by atoms with Crippen molar-refractivity contribution in [3.05, 3.63) is 42.7 Å². The topological polar surface area (TPSA) is 71.3 Å². The molecular formula is C23H30N4O2. The average molecular weight is 395 g/mol. The summed E-state index contributed by atoms with van der Waals surface area (Å²) in [6, 6.07) is 11.7. The molecule has 0 bridgehead atoms. The molecular weight excluding hydrogens is 364 g/mol. The van der Waals surface area contributed by atoms with Gasteiger partial charge in [0.05, 0.1) is 11.8 Å². The van der Waals surface area contributed by atoms with Crippen LogP contribution in [0.1, 0.15) is 34.1 Å². The first-order valence-electron chi connectivity index (χ1n) is 10.3. The third kappa shape index (κ3) is 5.56. The highest BCUT2D eigenvalue weighted by molar-refractivity contribution is 5.91. The van der Waals surface area contributed by atoms with Gasteiger partial charge in [-0.15, -0.1) is 0 Å². The van der Waals surface area contributed by atoms with Crippen molar-refractivity contribution in [2.75, 3.05) is 24.5 Å². The lowest BCUT2D eigenvalue weighted by atomic mass is 10.1. The van der Waals surface area contributed by atoms with E-state index < -0.39 is 0 Å². The maximum atomic E-state index is 12.3. The van der Waals surface area contributed by atoms with Gasteiger partial charge in [0.1, 0.15) is 5.82 Å². The van der Waals surface area contributed by atoms with Gasteiger partial charge in [-0.25, -0.2) is 9.97 Å². The number of carbonyl (C=O) groups is 1. The molecule has 3 aromatic rings. The van der Waals surface area contributed by atoms with Gasteiger partial charge in [-0.2, -0.15) is 0 Å². The SMILES string of the molecule is CC(C)CNC(=O)CCN(CC(C)C)c1nc(-c2ccco2)nc2ccccc12. The number of carbonyl (C=O) groups excluding carboxylic acids is 1. The van der Waals surface area contributed by atoms with Crippen molar-refractivity contribution in [3.63, 3.8) is 0 Å².